The van der Waals surface area contributed by atoms with Crippen LogP contribution in [0.5, 0.6) is 5.75 Å². The lowest BCUT2D eigenvalue weighted by Crippen LogP contribution is -2.40. The van der Waals surface area contributed by atoms with E-state index in [1.807, 2.05) is 24.3 Å². The first-order valence-electron chi connectivity index (χ1n) is 5.55. The molecule has 1 aliphatic rings. The maximum absolute atomic E-state index is 5.25. The fourth-order valence-corrected chi connectivity index (χ4v) is 1.74. The third-order valence-electron chi connectivity index (χ3n) is 2.90. The van der Waals surface area contributed by atoms with E-state index in [0.29, 0.717) is 17.6 Å². The second-order valence-electron chi connectivity index (χ2n) is 4.04. The molecule has 2 aromatic rings. The van der Waals surface area contributed by atoms with Gasteiger partial charge in [0, 0.05) is 18.7 Å². The van der Waals surface area contributed by atoms with Crippen LogP contribution in [0.3, 0.4) is 0 Å². The van der Waals surface area contributed by atoms with Gasteiger partial charge in [0.15, 0.2) is 0 Å². The molecule has 0 bridgehead atoms. The normalized spacial score (nSPS) is 15.6. The van der Waals surface area contributed by atoms with Crippen LogP contribution in [0.15, 0.2) is 28.8 Å². The lowest BCUT2D eigenvalue weighted by Gasteiger charge is -2.22. The Balaban J connectivity index is 1.89. The molecule has 1 saturated heterocycles. The molecule has 2 heterocycles. The average Bonchev–Trinajstić information content (AvgIpc) is 2.76. The van der Waals surface area contributed by atoms with Crippen molar-refractivity contribution in [3.8, 4) is 17.1 Å². The first kappa shape index (κ1) is 10.3. The molecule has 1 aliphatic heterocycles. The molecule has 1 aromatic heterocycles. The highest BCUT2D eigenvalue weighted by molar-refractivity contribution is 5.56. The van der Waals surface area contributed by atoms with Crippen LogP contribution in [0, 0.1) is 0 Å². The fraction of sp³-hybridized carbons (Fsp3) is 0.333. The van der Waals surface area contributed by atoms with E-state index >= 15 is 0 Å². The zero-order chi connectivity index (χ0) is 11.7. The standard InChI is InChI=1S/C12H13N3O2/c1-16-10-4-2-3-8(5-10)11-14-12(17-15-11)9-6-13-7-9/h2-5,9,13H,6-7H2,1H3. The van der Waals surface area contributed by atoms with Gasteiger partial charge in [-0.2, -0.15) is 4.98 Å². The number of hydrogen-bond acceptors (Lipinski definition) is 5. The first-order chi connectivity index (χ1) is 8.36. The molecule has 0 saturated carbocycles. The van der Waals surface area contributed by atoms with Crippen LogP contribution in [0.4, 0.5) is 0 Å². The van der Waals surface area contributed by atoms with Gasteiger partial charge in [0.05, 0.1) is 13.0 Å². The van der Waals surface area contributed by atoms with Crippen molar-refractivity contribution in [1.82, 2.24) is 15.5 Å². The Morgan fingerprint density at radius 2 is 2.29 bits per heavy atom. The van der Waals surface area contributed by atoms with Crippen molar-refractivity contribution in [3.05, 3.63) is 30.2 Å². The first-order valence-corrected chi connectivity index (χ1v) is 5.55. The summed E-state index contributed by atoms with van der Waals surface area (Å²) in [5, 5.41) is 7.17. The van der Waals surface area contributed by atoms with Crippen LogP contribution in [0.2, 0.25) is 0 Å². The van der Waals surface area contributed by atoms with Crippen molar-refractivity contribution in [2.24, 2.45) is 0 Å². The van der Waals surface area contributed by atoms with Crippen LogP contribution in [-0.4, -0.2) is 30.3 Å². The number of nitrogens with one attached hydrogen (secondary N) is 1. The molecular weight excluding hydrogens is 218 g/mol. The van der Waals surface area contributed by atoms with E-state index in [4.69, 9.17) is 9.26 Å². The smallest absolute Gasteiger partial charge is 0.232 e. The Morgan fingerprint density at radius 3 is 3.00 bits per heavy atom. The minimum atomic E-state index is 0.363. The van der Waals surface area contributed by atoms with Crippen LogP contribution >= 0.6 is 0 Å². The summed E-state index contributed by atoms with van der Waals surface area (Å²) in [5.74, 6) is 2.48. The number of rotatable bonds is 3. The number of aromatic nitrogens is 2. The largest absolute Gasteiger partial charge is 0.497 e. The van der Waals surface area contributed by atoms with Crippen LogP contribution in [0.25, 0.3) is 11.4 Å². The zero-order valence-corrected chi connectivity index (χ0v) is 9.51. The molecule has 0 radical (unpaired) electrons. The second kappa shape index (κ2) is 4.18. The summed E-state index contributed by atoms with van der Waals surface area (Å²) in [4.78, 5) is 4.40. The molecule has 17 heavy (non-hydrogen) atoms. The number of ether oxygens (including phenoxy) is 1. The second-order valence-corrected chi connectivity index (χ2v) is 4.04. The van der Waals surface area contributed by atoms with Gasteiger partial charge in [0.1, 0.15) is 5.75 Å². The van der Waals surface area contributed by atoms with Crippen LogP contribution in [0.1, 0.15) is 11.8 Å². The van der Waals surface area contributed by atoms with Gasteiger partial charge in [-0.05, 0) is 12.1 Å². The number of hydrogen-bond donors (Lipinski definition) is 1. The van der Waals surface area contributed by atoms with E-state index in [1.165, 1.54) is 0 Å². The Labute approximate surface area is 98.8 Å². The summed E-state index contributed by atoms with van der Waals surface area (Å²) >= 11 is 0. The van der Waals surface area contributed by atoms with Gasteiger partial charge in [-0.15, -0.1) is 0 Å². The molecule has 0 unspecified atom stereocenters. The van der Waals surface area contributed by atoms with Crippen molar-refractivity contribution < 1.29 is 9.26 Å². The zero-order valence-electron chi connectivity index (χ0n) is 9.51. The molecule has 1 N–H and O–H groups in total. The fourth-order valence-electron chi connectivity index (χ4n) is 1.74. The molecule has 0 atom stereocenters. The van der Waals surface area contributed by atoms with E-state index in [2.05, 4.69) is 15.5 Å². The van der Waals surface area contributed by atoms with E-state index in [9.17, 15) is 0 Å². The summed E-state index contributed by atoms with van der Waals surface area (Å²) in [6.07, 6.45) is 0. The van der Waals surface area contributed by atoms with Gasteiger partial charge in [-0.25, -0.2) is 0 Å². The highest BCUT2D eigenvalue weighted by Gasteiger charge is 2.25. The van der Waals surface area contributed by atoms with Crippen molar-refractivity contribution in [1.29, 1.82) is 0 Å². The third-order valence-corrected chi connectivity index (χ3v) is 2.90. The summed E-state index contributed by atoms with van der Waals surface area (Å²) in [7, 11) is 1.64. The van der Waals surface area contributed by atoms with Gasteiger partial charge >= 0.3 is 0 Å². The monoisotopic (exact) mass is 231 g/mol. The molecular formula is C12H13N3O2. The van der Waals surface area contributed by atoms with Gasteiger partial charge in [0.25, 0.3) is 0 Å². The highest BCUT2D eigenvalue weighted by Crippen LogP contribution is 2.24. The summed E-state index contributed by atoms with van der Waals surface area (Å²) in [5.41, 5.74) is 0.909. The van der Waals surface area contributed by atoms with Crippen molar-refractivity contribution in [2.45, 2.75) is 5.92 Å². The molecule has 5 nitrogen and oxygen atoms in total. The Hall–Kier alpha value is -1.88. The van der Waals surface area contributed by atoms with Crippen molar-refractivity contribution in [3.63, 3.8) is 0 Å². The van der Waals surface area contributed by atoms with Crippen LogP contribution < -0.4 is 10.1 Å². The minimum Gasteiger partial charge on any atom is -0.497 e. The Kier molecular flexibility index (Phi) is 2.53. The van der Waals surface area contributed by atoms with Gasteiger partial charge < -0.3 is 14.6 Å². The maximum Gasteiger partial charge on any atom is 0.232 e. The summed E-state index contributed by atoms with van der Waals surface area (Å²) < 4.78 is 10.4. The molecule has 1 aromatic carbocycles. The van der Waals surface area contributed by atoms with Crippen molar-refractivity contribution in [2.75, 3.05) is 20.2 Å². The van der Waals surface area contributed by atoms with Gasteiger partial charge in [-0.3, -0.25) is 0 Å². The predicted octanol–water partition coefficient (Wildman–Crippen LogP) is 1.43. The SMILES string of the molecule is COc1cccc(-c2noc(C3CNC3)n2)c1. The van der Waals surface area contributed by atoms with Gasteiger partial charge in [0.2, 0.25) is 11.7 Å². The molecule has 5 heteroatoms. The number of benzene rings is 1. The van der Waals surface area contributed by atoms with E-state index < -0.39 is 0 Å². The maximum atomic E-state index is 5.25. The van der Waals surface area contributed by atoms with Crippen LogP contribution in [-0.2, 0) is 0 Å². The van der Waals surface area contributed by atoms with E-state index in [0.717, 1.165) is 24.4 Å². The molecule has 88 valence electrons. The van der Waals surface area contributed by atoms with Crippen molar-refractivity contribution >= 4 is 0 Å². The van der Waals surface area contributed by atoms with E-state index in [-0.39, 0.29) is 0 Å². The minimum absolute atomic E-state index is 0.363. The predicted molar refractivity (Wildman–Crippen MR) is 61.9 cm³/mol. The Morgan fingerprint density at radius 1 is 1.41 bits per heavy atom. The lowest BCUT2D eigenvalue weighted by molar-refractivity contribution is 0.308. The lowest BCUT2D eigenvalue weighted by atomic mass is 10.0. The number of nitrogens with zero attached hydrogens (tertiary/aromatic N) is 2. The summed E-state index contributed by atoms with van der Waals surface area (Å²) in [6, 6.07) is 7.64. The molecule has 1 fully saturated rings. The summed E-state index contributed by atoms with van der Waals surface area (Å²) in [6.45, 7) is 1.83. The topological polar surface area (TPSA) is 60.2 Å². The Bertz CT molecular complexity index is 520. The molecule has 0 aliphatic carbocycles. The highest BCUT2D eigenvalue weighted by atomic mass is 16.5. The molecule has 3 rings (SSSR count). The quantitative estimate of drug-likeness (QED) is 0.866. The van der Waals surface area contributed by atoms with Gasteiger partial charge in [-0.1, -0.05) is 17.3 Å². The third kappa shape index (κ3) is 1.89. The van der Waals surface area contributed by atoms with E-state index in [1.54, 1.807) is 7.11 Å². The average molecular weight is 231 g/mol. The number of methoxy groups -OCH3 is 1. The molecule has 0 amide bonds. The molecule has 0 spiro atoms.